The third kappa shape index (κ3) is 7.02. The predicted octanol–water partition coefficient (Wildman–Crippen LogP) is 4.61. The number of hydrogen-bond donors (Lipinski definition) is 3. The molecule has 2 aliphatic heterocycles. The summed E-state index contributed by atoms with van der Waals surface area (Å²) in [6.07, 6.45) is 13.8. The van der Waals surface area contributed by atoms with Crippen LogP contribution in [0.25, 0.3) is 0 Å². The number of hydrogen-bond acceptors (Lipinski definition) is 4. The van der Waals surface area contributed by atoms with Crippen molar-refractivity contribution in [2.45, 2.75) is 108 Å². The lowest BCUT2D eigenvalue weighted by Crippen LogP contribution is -2.62. The molecule has 8 heteroatoms. The Balaban J connectivity index is 1.27. The van der Waals surface area contributed by atoms with Gasteiger partial charge in [-0.3, -0.25) is 14.4 Å². The van der Waals surface area contributed by atoms with Gasteiger partial charge in [0.1, 0.15) is 6.04 Å². The first-order valence-corrected chi connectivity index (χ1v) is 16.1. The summed E-state index contributed by atoms with van der Waals surface area (Å²) < 4.78 is 0. The molecule has 4 atom stereocenters. The van der Waals surface area contributed by atoms with E-state index >= 15 is 0 Å². The number of nitrogens with one attached hydrogen (secondary N) is 3. The van der Waals surface area contributed by atoms with Crippen molar-refractivity contribution >= 4 is 29.3 Å². The predicted molar refractivity (Wildman–Crippen MR) is 158 cm³/mol. The highest BCUT2D eigenvalue weighted by Crippen LogP contribution is 2.39. The lowest BCUT2D eigenvalue weighted by molar-refractivity contribution is -0.139. The van der Waals surface area contributed by atoms with Crippen LogP contribution in [-0.4, -0.2) is 59.9 Å². The van der Waals surface area contributed by atoms with E-state index < -0.39 is 6.04 Å². The van der Waals surface area contributed by atoms with Crippen molar-refractivity contribution in [2.24, 2.45) is 17.8 Å². The van der Waals surface area contributed by atoms with E-state index in [2.05, 4.69) is 16.0 Å². The van der Waals surface area contributed by atoms with Crippen molar-refractivity contribution in [1.82, 2.24) is 20.9 Å². The smallest absolute Gasteiger partial charge is 0.245 e. The molecule has 2 heterocycles. The lowest BCUT2D eigenvalue weighted by Gasteiger charge is -2.48. The minimum atomic E-state index is -0.637. The first-order chi connectivity index (χ1) is 19.3. The van der Waals surface area contributed by atoms with Gasteiger partial charge >= 0.3 is 0 Å². The molecule has 0 radical (unpaired) electrons. The number of carbonyl (C=O) groups excluding carboxylic acids is 3. The van der Waals surface area contributed by atoms with Crippen LogP contribution in [0.1, 0.15) is 89.5 Å². The van der Waals surface area contributed by atoms with Crippen LogP contribution in [0.4, 0.5) is 0 Å². The van der Waals surface area contributed by atoms with E-state index in [0.717, 1.165) is 44.2 Å². The number of likely N-dealkylation sites (tertiary alicyclic amines) is 1. The topological polar surface area (TPSA) is 90.5 Å². The second-order valence-corrected chi connectivity index (χ2v) is 13.3. The van der Waals surface area contributed by atoms with Gasteiger partial charge in [0.05, 0.1) is 6.04 Å². The number of piperidine rings is 2. The second-order valence-electron chi connectivity index (χ2n) is 12.9. The number of carbonyl (C=O) groups is 3. The fourth-order valence-corrected chi connectivity index (χ4v) is 8.19. The molecule has 7 nitrogen and oxygen atoms in total. The molecule has 3 N–H and O–H groups in total. The molecule has 4 aliphatic rings. The Bertz CT molecular complexity index is 1030. The summed E-state index contributed by atoms with van der Waals surface area (Å²) in [6, 6.07) is 6.64. The van der Waals surface area contributed by atoms with Crippen LogP contribution in [0, 0.1) is 17.8 Å². The van der Waals surface area contributed by atoms with Crippen molar-refractivity contribution in [1.29, 1.82) is 0 Å². The van der Waals surface area contributed by atoms with E-state index in [1.165, 1.54) is 44.9 Å². The Labute approximate surface area is 244 Å². The van der Waals surface area contributed by atoms with E-state index in [0.29, 0.717) is 42.3 Å². The first kappa shape index (κ1) is 29.4. The molecule has 0 bridgehead atoms. The molecule has 2 saturated heterocycles. The third-order valence-electron chi connectivity index (χ3n) is 10.3. The minimum Gasteiger partial charge on any atom is -0.350 e. The summed E-state index contributed by atoms with van der Waals surface area (Å²) in [5.41, 5.74) is 0.736. The van der Waals surface area contributed by atoms with Crippen LogP contribution in [-0.2, 0) is 20.8 Å². The molecule has 1 aromatic rings. The molecule has 2 aliphatic carbocycles. The van der Waals surface area contributed by atoms with Crippen LogP contribution in [0.15, 0.2) is 24.3 Å². The van der Waals surface area contributed by atoms with Gasteiger partial charge in [0.25, 0.3) is 0 Å². The van der Waals surface area contributed by atoms with Gasteiger partial charge in [-0.15, -0.1) is 0 Å². The Morgan fingerprint density at radius 1 is 0.975 bits per heavy atom. The van der Waals surface area contributed by atoms with Crippen LogP contribution < -0.4 is 16.0 Å². The standard InChI is InChI=1S/C32H47ClN4O3/c1-22(38)36-32(26-9-3-2-4-10-26)15-17-37(18-16-32)31(40)29(19-23-11-13-27(33)14-12-23)35-30(39)28-20-24-7-5-6-8-25(24)21-34-28/h11-14,24-26,28-29,34H,2-10,15-21H2,1H3,(H,35,39)(H,36,38)/t24-,25+,28+,29-/m1/s1. The van der Waals surface area contributed by atoms with Gasteiger partial charge in [0, 0.05) is 37.0 Å². The lowest BCUT2D eigenvalue weighted by atomic mass is 9.69. The Hall–Kier alpha value is -2.12. The summed E-state index contributed by atoms with van der Waals surface area (Å²) in [7, 11) is 0. The molecular weight excluding hydrogens is 524 g/mol. The van der Waals surface area contributed by atoms with Gasteiger partial charge in [-0.2, -0.15) is 0 Å². The highest BCUT2D eigenvalue weighted by Gasteiger charge is 2.44. The molecule has 0 aromatic heterocycles. The van der Waals surface area contributed by atoms with Crippen LogP contribution in [0.2, 0.25) is 5.02 Å². The molecule has 1 aromatic carbocycles. The average molecular weight is 571 g/mol. The summed E-state index contributed by atoms with van der Waals surface area (Å²) in [5, 5.41) is 10.6. The maximum absolute atomic E-state index is 14.0. The highest BCUT2D eigenvalue weighted by molar-refractivity contribution is 6.30. The van der Waals surface area contributed by atoms with Crippen LogP contribution >= 0.6 is 11.6 Å². The quantitative estimate of drug-likeness (QED) is 0.446. The van der Waals surface area contributed by atoms with E-state index in [4.69, 9.17) is 11.6 Å². The van der Waals surface area contributed by atoms with Gasteiger partial charge in [-0.25, -0.2) is 0 Å². The molecule has 4 fully saturated rings. The Morgan fingerprint density at radius 2 is 1.62 bits per heavy atom. The van der Waals surface area contributed by atoms with E-state index in [-0.39, 0.29) is 29.3 Å². The van der Waals surface area contributed by atoms with Crippen LogP contribution in [0.3, 0.4) is 0 Å². The van der Waals surface area contributed by atoms with Crippen molar-refractivity contribution in [2.75, 3.05) is 19.6 Å². The van der Waals surface area contributed by atoms with Gasteiger partial charge in [-0.05, 0) is 80.5 Å². The Kier molecular flexibility index (Phi) is 9.72. The molecule has 40 heavy (non-hydrogen) atoms. The molecule has 5 rings (SSSR count). The Morgan fingerprint density at radius 3 is 2.30 bits per heavy atom. The monoisotopic (exact) mass is 570 g/mol. The van der Waals surface area contributed by atoms with Gasteiger partial charge in [0.15, 0.2) is 0 Å². The van der Waals surface area contributed by atoms with Crippen molar-refractivity contribution in [3.05, 3.63) is 34.9 Å². The van der Waals surface area contributed by atoms with Crippen molar-refractivity contribution < 1.29 is 14.4 Å². The fourth-order valence-electron chi connectivity index (χ4n) is 8.06. The maximum atomic E-state index is 14.0. The van der Waals surface area contributed by atoms with E-state index in [1.807, 2.05) is 29.2 Å². The molecule has 0 unspecified atom stereocenters. The number of rotatable bonds is 7. The summed E-state index contributed by atoms with van der Waals surface area (Å²) in [6.45, 7) is 3.67. The third-order valence-corrected chi connectivity index (χ3v) is 10.5. The zero-order valence-corrected chi connectivity index (χ0v) is 24.8. The van der Waals surface area contributed by atoms with Gasteiger partial charge in [0.2, 0.25) is 17.7 Å². The molecule has 3 amide bonds. The molecule has 220 valence electrons. The number of halogens is 1. The summed E-state index contributed by atoms with van der Waals surface area (Å²) in [4.78, 5) is 41.7. The summed E-state index contributed by atoms with van der Waals surface area (Å²) in [5.74, 6) is 1.65. The van der Waals surface area contributed by atoms with Crippen molar-refractivity contribution in [3.63, 3.8) is 0 Å². The van der Waals surface area contributed by atoms with Crippen molar-refractivity contribution in [3.8, 4) is 0 Å². The number of benzene rings is 1. The zero-order valence-electron chi connectivity index (χ0n) is 24.1. The first-order valence-electron chi connectivity index (χ1n) is 15.7. The fraction of sp³-hybridized carbons (Fsp3) is 0.719. The van der Waals surface area contributed by atoms with E-state index in [1.54, 1.807) is 6.92 Å². The summed E-state index contributed by atoms with van der Waals surface area (Å²) >= 11 is 6.12. The highest BCUT2D eigenvalue weighted by atomic mass is 35.5. The maximum Gasteiger partial charge on any atom is 0.245 e. The normalized spacial score (nSPS) is 27.8. The number of amides is 3. The SMILES string of the molecule is CC(=O)NC1(C2CCCCC2)CCN(C(=O)[C@@H](Cc2ccc(Cl)cc2)NC(=O)[C@@H]2C[C@H]3CCCC[C@H]3CN2)CC1. The average Bonchev–Trinajstić information content (AvgIpc) is 2.98. The minimum absolute atomic E-state index is 0.0124. The number of nitrogens with zero attached hydrogens (tertiary/aromatic N) is 1. The molecule has 2 saturated carbocycles. The number of fused-ring (bicyclic) bond motifs is 1. The molecule has 0 spiro atoms. The van der Waals surface area contributed by atoms with E-state index in [9.17, 15) is 14.4 Å². The van der Waals surface area contributed by atoms with Gasteiger partial charge < -0.3 is 20.9 Å². The second kappa shape index (κ2) is 13.2. The zero-order chi connectivity index (χ0) is 28.1. The molecular formula is C32H47ClN4O3. The van der Waals surface area contributed by atoms with Gasteiger partial charge in [-0.1, -0.05) is 62.3 Å². The van der Waals surface area contributed by atoms with Crippen LogP contribution in [0.5, 0.6) is 0 Å². The largest absolute Gasteiger partial charge is 0.350 e.